The zero-order valence-electron chi connectivity index (χ0n) is 14.0. The lowest BCUT2D eigenvalue weighted by Crippen LogP contribution is -2.30. The molecule has 0 unspecified atom stereocenters. The normalized spacial score (nSPS) is 14.9. The third kappa shape index (κ3) is 2.91. The monoisotopic (exact) mass is 341 g/mol. The largest absolute Gasteiger partial charge is 0.467 e. The van der Waals surface area contributed by atoms with Crippen LogP contribution in [0.1, 0.15) is 29.4 Å². The lowest BCUT2D eigenvalue weighted by atomic mass is 10.0. The third-order valence-electron chi connectivity index (χ3n) is 4.10. The van der Waals surface area contributed by atoms with E-state index in [9.17, 15) is 9.59 Å². The summed E-state index contributed by atoms with van der Waals surface area (Å²) in [6, 6.07) is 9.39. The van der Waals surface area contributed by atoms with E-state index in [0.29, 0.717) is 16.2 Å². The van der Waals surface area contributed by atoms with Gasteiger partial charge in [0.05, 0.1) is 23.3 Å². The molecule has 0 N–H and O–H groups in total. The van der Waals surface area contributed by atoms with Gasteiger partial charge in [0.25, 0.3) is 11.8 Å². The molecule has 0 saturated heterocycles. The SMILES string of the molecule is CCSC1=C(c2ccc(C)c(C)c2)C(=O)N(Cc2ccco2)C1=O. The molecule has 5 heteroatoms. The van der Waals surface area contributed by atoms with E-state index in [2.05, 4.69) is 0 Å². The second kappa shape index (κ2) is 6.69. The van der Waals surface area contributed by atoms with Crippen molar-refractivity contribution in [1.82, 2.24) is 4.90 Å². The maximum Gasteiger partial charge on any atom is 0.268 e. The second-order valence-corrected chi connectivity index (χ2v) is 6.99. The Labute approximate surface area is 145 Å². The molecule has 3 rings (SSSR count). The first-order chi connectivity index (χ1) is 11.5. The minimum atomic E-state index is -0.254. The molecule has 1 aromatic carbocycles. The predicted molar refractivity (Wildman–Crippen MR) is 95.2 cm³/mol. The molecule has 2 aromatic rings. The number of imide groups is 1. The van der Waals surface area contributed by atoms with Crippen molar-refractivity contribution in [2.45, 2.75) is 27.3 Å². The Bertz CT molecular complexity index is 821. The lowest BCUT2D eigenvalue weighted by molar-refractivity contribution is -0.137. The van der Waals surface area contributed by atoms with Crippen LogP contribution in [-0.4, -0.2) is 22.5 Å². The van der Waals surface area contributed by atoms with E-state index < -0.39 is 0 Å². The molecule has 0 fully saturated rings. The number of hydrogen-bond donors (Lipinski definition) is 0. The molecule has 1 aliphatic rings. The van der Waals surface area contributed by atoms with Crippen LogP contribution in [0.2, 0.25) is 0 Å². The number of carbonyl (C=O) groups is 2. The summed E-state index contributed by atoms with van der Waals surface area (Å²) < 4.78 is 5.29. The average Bonchev–Trinajstić information content (AvgIpc) is 3.14. The fourth-order valence-electron chi connectivity index (χ4n) is 2.69. The van der Waals surface area contributed by atoms with E-state index in [1.165, 1.54) is 16.7 Å². The maximum absolute atomic E-state index is 12.9. The standard InChI is InChI=1S/C19H19NO3S/c1-4-24-17-16(14-8-7-12(2)13(3)10-14)18(21)20(19(17)22)11-15-6-5-9-23-15/h5-10H,4,11H2,1-3H3. The summed E-state index contributed by atoms with van der Waals surface area (Å²) >= 11 is 1.42. The molecule has 124 valence electrons. The van der Waals surface area contributed by atoms with Gasteiger partial charge in [0.15, 0.2) is 0 Å². The Kier molecular flexibility index (Phi) is 4.62. The van der Waals surface area contributed by atoms with Crippen LogP contribution in [0.5, 0.6) is 0 Å². The summed E-state index contributed by atoms with van der Waals surface area (Å²) in [5.74, 6) is 0.836. The van der Waals surface area contributed by atoms with Gasteiger partial charge < -0.3 is 4.42 Å². The zero-order chi connectivity index (χ0) is 17.3. The quantitative estimate of drug-likeness (QED) is 0.773. The number of thioether (sulfide) groups is 1. The molecule has 0 aliphatic carbocycles. The Morgan fingerprint density at radius 2 is 1.88 bits per heavy atom. The Hall–Kier alpha value is -2.27. The van der Waals surface area contributed by atoms with Gasteiger partial charge in [-0.3, -0.25) is 14.5 Å². The van der Waals surface area contributed by atoms with Gasteiger partial charge >= 0.3 is 0 Å². The van der Waals surface area contributed by atoms with Gasteiger partial charge in [0, 0.05) is 0 Å². The molecule has 0 atom stereocenters. The van der Waals surface area contributed by atoms with Crippen molar-refractivity contribution in [3.05, 3.63) is 64.0 Å². The van der Waals surface area contributed by atoms with E-state index in [0.717, 1.165) is 22.4 Å². The molecule has 0 saturated carbocycles. The van der Waals surface area contributed by atoms with Crippen LogP contribution in [-0.2, 0) is 16.1 Å². The molecule has 1 aliphatic heterocycles. The highest BCUT2D eigenvalue weighted by molar-refractivity contribution is 8.04. The van der Waals surface area contributed by atoms with Crippen molar-refractivity contribution in [3.8, 4) is 0 Å². The minimum absolute atomic E-state index is 0.160. The van der Waals surface area contributed by atoms with Crippen molar-refractivity contribution >= 4 is 29.1 Å². The van der Waals surface area contributed by atoms with Gasteiger partial charge in [0.1, 0.15) is 5.76 Å². The van der Waals surface area contributed by atoms with Gasteiger partial charge in [-0.1, -0.05) is 25.1 Å². The second-order valence-electron chi connectivity index (χ2n) is 5.71. The number of benzene rings is 1. The summed E-state index contributed by atoms with van der Waals surface area (Å²) in [6.07, 6.45) is 1.54. The highest BCUT2D eigenvalue weighted by atomic mass is 32.2. The number of nitrogens with zero attached hydrogens (tertiary/aromatic N) is 1. The van der Waals surface area contributed by atoms with Crippen LogP contribution in [0.3, 0.4) is 0 Å². The molecule has 4 nitrogen and oxygen atoms in total. The van der Waals surface area contributed by atoms with Crippen molar-refractivity contribution in [2.75, 3.05) is 5.75 Å². The fraction of sp³-hybridized carbons (Fsp3) is 0.263. The van der Waals surface area contributed by atoms with Gasteiger partial charge in [-0.05, 0) is 48.4 Å². The lowest BCUT2D eigenvalue weighted by Gasteiger charge is -2.13. The van der Waals surface area contributed by atoms with E-state index in [-0.39, 0.29) is 18.4 Å². The number of hydrogen-bond acceptors (Lipinski definition) is 4. The molecule has 0 spiro atoms. The highest BCUT2D eigenvalue weighted by Gasteiger charge is 2.39. The summed E-state index contributed by atoms with van der Waals surface area (Å²) in [5, 5.41) is 0. The molecule has 24 heavy (non-hydrogen) atoms. The van der Waals surface area contributed by atoms with Gasteiger partial charge in [0.2, 0.25) is 0 Å². The van der Waals surface area contributed by atoms with Gasteiger partial charge in [-0.15, -0.1) is 11.8 Å². The van der Waals surface area contributed by atoms with Crippen molar-refractivity contribution in [1.29, 1.82) is 0 Å². The molecule has 2 heterocycles. The third-order valence-corrected chi connectivity index (χ3v) is 5.06. The smallest absolute Gasteiger partial charge is 0.268 e. The van der Waals surface area contributed by atoms with Crippen LogP contribution in [0.15, 0.2) is 45.9 Å². The molecule has 2 amide bonds. The molecule has 0 radical (unpaired) electrons. The first kappa shape index (κ1) is 16.6. The van der Waals surface area contributed by atoms with Gasteiger partial charge in [-0.2, -0.15) is 0 Å². The van der Waals surface area contributed by atoms with Gasteiger partial charge in [-0.25, -0.2) is 0 Å². The molecule has 1 aromatic heterocycles. The number of carbonyl (C=O) groups excluding carboxylic acids is 2. The minimum Gasteiger partial charge on any atom is -0.467 e. The van der Waals surface area contributed by atoms with Crippen LogP contribution in [0, 0.1) is 13.8 Å². The van der Waals surface area contributed by atoms with E-state index in [4.69, 9.17) is 4.42 Å². The van der Waals surface area contributed by atoms with E-state index >= 15 is 0 Å². The van der Waals surface area contributed by atoms with Crippen molar-refractivity contribution in [2.24, 2.45) is 0 Å². The summed E-state index contributed by atoms with van der Waals surface area (Å²) in [5.41, 5.74) is 3.56. The molecule has 0 bridgehead atoms. The summed E-state index contributed by atoms with van der Waals surface area (Å²) in [6.45, 7) is 6.17. The molecular formula is C19H19NO3S. The number of rotatable bonds is 5. The number of amides is 2. The van der Waals surface area contributed by atoms with Crippen molar-refractivity contribution < 1.29 is 14.0 Å². The topological polar surface area (TPSA) is 50.5 Å². The predicted octanol–water partition coefficient (Wildman–Crippen LogP) is 3.93. The first-order valence-electron chi connectivity index (χ1n) is 7.86. The number of furan rings is 1. The number of aryl methyl sites for hydroxylation is 2. The maximum atomic E-state index is 12.9. The Morgan fingerprint density at radius 3 is 2.50 bits per heavy atom. The summed E-state index contributed by atoms with van der Waals surface area (Å²) in [4.78, 5) is 27.5. The summed E-state index contributed by atoms with van der Waals surface area (Å²) in [7, 11) is 0. The van der Waals surface area contributed by atoms with Crippen LogP contribution < -0.4 is 0 Å². The van der Waals surface area contributed by atoms with E-state index in [1.54, 1.807) is 18.4 Å². The van der Waals surface area contributed by atoms with Crippen molar-refractivity contribution in [3.63, 3.8) is 0 Å². The van der Waals surface area contributed by atoms with E-state index in [1.807, 2.05) is 39.0 Å². The average molecular weight is 341 g/mol. The van der Waals surface area contributed by atoms with Crippen LogP contribution >= 0.6 is 11.8 Å². The zero-order valence-corrected chi connectivity index (χ0v) is 14.8. The van der Waals surface area contributed by atoms with Crippen LogP contribution in [0.25, 0.3) is 5.57 Å². The fourth-order valence-corrected chi connectivity index (χ4v) is 3.56. The highest BCUT2D eigenvalue weighted by Crippen LogP contribution is 2.37. The Balaban J connectivity index is 2.01. The first-order valence-corrected chi connectivity index (χ1v) is 8.84. The van der Waals surface area contributed by atoms with Crippen LogP contribution in [0.4, 0.5) is 0 Å². The molecular weight excluding hydrogens is 322 g/mol. The Morgan fingerprint density at radius 1 is 1.08 bits per heavy atom.